The molecular weight excluding hydrogens is 370 g/mol. The number of ketones is 1. The van der Waals surface area contributed by atoms with Crippen LogP contribution >= 0.6 is 0 Å². The Kier molecular flexibility index (Phi) is 7.23. The van der Waals surface area contributed by atoms with E-state index in [9.17, 15) is 9.59 Å². The smallest absolute Gasteiger partial charge is 0.335 e. The van der Waals surface area contributed by atoms with E-state index in [0.717, 1.165) is 36.4 Å². The molecule has 1 aromatic carbocycles. The lowest BCUT2D eigenvalue weighted by molar-refractivity contribution is -0.156. The number of ether oxygens (including phenoxy) is 3. The predicted octanol–water partition coefficient (Wildman–Crippen LogP) is 3.46. The van der Waals surface area contributed by atoms with E-state index in [1.54, 1.807) is 6.92 Å². The van der Waals surface area contributed by atoms with Crippen molar-refractivity contribution >= 4 is 11.8 Å². The largest absolute Gasteiger partial charge is 0.455 e. The molecule has 1 fully saturated rings. The summed E-state index contributed by atoms with van der Waals surface area (Å²) < 4.78 is 18.3. The second-order valence-electron chi connectivity index (χ2n) is 7.50. The second kappa shape index (κ2) is 9.85. The molecule has 156 valence electrons. The van der Waals surface area contributed by atoms with Gasteiger partial charge in [-0.25, -0.2) is 4.79 Å². The molecule has 1 aliphatic rings. The van der Waals surface area contributed by atoms with Gasteiger partial charge in [0.2, 0.25) is 5.78 Å². The minimum absolute atomic E-state index is 0.0434. The van der Waals surface area contributed by atoms with Crippen LogP contribution in [-0.2, 0) is 25.5 Å². The lowest BCUT2D eigenvalue weighted by atomic mass is 10.1. The number of aromatic nitrogens is 1. The molecule has 0 amide bonds. The quantitative estimate of drug-likeness (QED) is 0.477. The normalized spacial score (nSPS) is 17.3. The molecule has 1 aromatic heterocycles. The van der Waals surface area contributed by atoms with Crippen molar-refractivity contribution in [2.45, 2.75) is 52.4 Å². The first-order chi connectivity index (χ1) is 14.0. The third-order valence-electron chi connectivity index (χ3n) is 5.29. The van der Waals surface area contributed by atoms with Crippen LogP contribution in [0.3, 0.4) is 0 Å². The third-order valence-corrected chi connectivity index (χ3v) is 5.29. The molecule has 0 radical (unpaired) electrons. The monoisotopic (exact) mass is 399 g/mol. The van der Waals surface area contributed by atoms with Crippen molar-refractivity contribution in [1.29, 1.82) is 0 Å². The van der Waals surface area contributed by atoms with E-state index in [1.165, 1.54) is 0 Å². The summed E-state index contributed by atoms with van der Waals surface area (Å²) in [7, 11) is 0. The summed E-state index contributed by atoms with van der Waals surface area (Å²) in [6, 6.07) is 11.9. The van der Waals surface area contributed by atoms with Crippen molar-refractivity contribution in [3.63, 3.8) is 0 Å². The average molecular weight is 399 g/mol. The molecule has 1 aliphatic heterocycles. The van der Waals surface area contributed by atoms with Crippen LogP contribution in [0.4, 0.5) is 0 Å². The van der Waals surface area contributed by atoms with Crippen molar-refractivity contribution < 1.29 is 23.8 Å². The Morgan fingerprint density at radius 2 is 2.00 bits per heavy atom. The molecule has 2 heterocycles. The zero-order chi connectivity index (χ0) is 20.8. The van der Waals surface area contributed by atoms with Gasteiger partial charge >= 0.3 is 5.97 Å². The topological polar surface area (TPSA) is 66.8 Å². The number of rotatable bonds is 9. The van der Waals surface area contributed by atoms with Gasteiger partial charge in [0.25, 0.3) is 0 Å². The maximum absolute atomic E-state index is 12.6. The highest BCUT2D eigenvalue weighted by molar-refractivity contribution is 5.99. The molecule has 3 rings (SSSR count). The van der Waals surface area contributed by atoms with Crippen molar-refractivity contribution in [2.24, 2.45) is 0 Å². The summed E-state index contributed by atoms with van der Waals surface area (Å²) in [4.78, 5) is 24.8. The molecule has 1 saturated heterocycles. The van der Waals surface area contributed by atoms with Gasteiger partial charge in [-0.05, 0) is 45.2 Å². The number of carbonyl (C=O) groups excluding carboxylic acids is 2. The van der Waals surface area contributed by atoms with Gasteiger partial charge < -0.3 is 18.8 Å². The molecule has 6 nitrogen and oxygen atoms in total. The highest BCUT2D eigenvalue weighted by atomic mass is 16.6. The lowest BCUT2D eigenvalue weighted by Crippen LogP contribution is -2.29. The zero-order valence-corrected chi connectivity index (χ0v) is 17.3. The average Bonchev–Trinajstić information content (AvgIpc) is 3.34. The molecule has 0 spiro atoms. The molecular formula is C23H29NO5. The fraction of sp³-hybridized carbons (Fsp3) is 0.478. The zero-order valence-electron chi connectivity index (χ0n) is 17.3. The first-order valence-corrected chi connectivity index (χ1v) is 10.1. The summed E-state index contributed by atoms with van der Waals surface area (Å²) in [5.74, 6) is -0.744. The number of benzene rings is 1. The third kappa shape index (κ3) is 5.55. The molecule has 2 unspecified atom stereocenters. The van der Waals surface area contributed by atoms with E-state index in [2.05, 4.69) is 16.7 Å². The Labute approximate surface area is 171 Å². The number of hydrogen-bond donors (Lipinski definition) is 0. The highest BCUT2D eigenvalue weighted by Crippen LogP contribution is 2.18. The Morgan fingerprint density at radius 3 is 2.69 bits per heavy atom. The molecule has 2 atom stereocenters. The van der Waals surface area contributed by atoms with Gasteiger partial charge in [0.1, 0.15) is 0 Å². The fourth-order valence-corrected chi connectivity index (χ4v) is 3.52. The van der Waals surface area contributed by atoms with Crippen molar-refractivity contribution in [3.8, 4) is 0 Å². The molecule has 0 saturated carbocycles. The van der Waals surface area contributed by atoms with E-state index in [0.29, 0.717) is 18.7 Å². The van der Waals surface area contributed by atoms with E-state index < -0.39 is 12.1 Å². The van der Waals surface area contributed by atoms with Crippen LogP contribution in [0, 0.1) is 13.8 Å². The predicted molar refractivity (Wildman–Crippen MR) is 109 cm³/mol. The van der Waals surface area contributed by atoms with Crippen LogP contribution in [-0.4, -0.2) is 48.3 Å². The highest BCUT2D eigenvalue weighted by Gasteiger charge is 2.22. The fourth-order valence-electron chi connectivity index (χ4n) is 3.52. The first-order valence-electron chi connectivity index (χ1n) is 10.1. The van der Waals surface area contributed by atoms with Gasteiger partial charge in [0.15, 0.2) is 12.7 Å². The number of Topliss-reactive ketones (excluding diaryl/α,β-unsaturated/α-hetero) is 1. The molecule has 0 N–H and O–H groups in total. The summed E-state index contributed by atoms with van der Waals surface area (Å²) in [5, 5.41) is 0. The van der Waals surface area contributed by atoms with Crippen molar-refractivity contribution in [3.05, 3.63) is 58.9 Å². The van der Waals surface area contributed by atoms with Crippen LogP contribution in [0.15, 0.2) is 36.4 Å². The Hall–Kier alpha value is -2.44. The first kappa shape index (κ1) is 21.3. The van der Waals surface area contributed by atoms with Gasteiger partial charge in [-0.1, -0.05) is 30.3 Å². The summed E-state index contributed by atoms with van der Waals surface area (Å²) in [6.45, 7) is 7.03. The number of nitrogens with zero attached hydrogens (tertiary/aromatic N) is 1. The van der Waals surface area contributed by atoms with Gasteiger partial charge in [0.05, 0.1) is 12.7 Å². The summed E-state index contributed by atoms with van der Waals surface area (Å²) >= 11 is 0. The van der Waals surface area contributed by atoms with Crippen LogP contribution in [0.1, 0.15) is 47.1 Å². The van der Waals surface area contributed by atoms with Crippen molar-refractivity contribution in [2.75, 3.05) is 19.8 Å². The number of carbonyl (C=O) groups is 2. The maximum Gasteiger partial charge on any atom is 0.335 e. The van der Waals surface area contributed by atoms with E-state index in [-0.39, 0.29) is 18.5 Å². The molecule has 0 aliphatic carbocycles. The summed E-state index contributed by atoms with van der Waals surface area (Å²) in [5.41, 5.74) is 3.61. The molecule has 6 heteroatoms. The van der Waals surface area contributed by atoms with Crippen LogP contribution < -0.4 is 0 Å². The van der Waals surface area contributed by atoms with Gasteiger partial charge in [-0.2, -0.15) is 0 Å². The minimum atomic E-state index is -0.725. The van der Waals surface area contributed by atoms with Crippen LogP contribution in [0.2, 0.25) is 0 Å². The van der Waals surface area contributed by atoms with E-state index in [4.69, 9.17) is 14.2 Å². The number of aryl methyl sites for hydroxylation is 1. The molecule has 2 aromatic rings. The second-order valence-corrected chi connectivity index (χ2v) is 7.50. The lowest BCUT2D eigenvalue weighted by Gasteiger charge is -2.15. The minimum Gasteiger partial charge on any atom is -0.455 e. The Bertz CT molecular complexity index is 836. The Balaban J connectivity index is 1.53. The maximum atomic E-state index is 12.6. The Morgan fingerprint density at radius 1 is 1.24 bits per heavy atom. The van der Waals surface area contributed by atoms with Gasteiger partial charge in [-0.15, -0.1) is 0 Å². The molecule has 0 bridgehead atoms. The van der Waals surface area contributed by atoms with Crippen LogP contribution in [0.5, 0.6) is 0 Å². The standard InChI is InChI=1S/C23H29NO5/c1-16-12-21(17(2)24(16)13-19-8-5-4-6-9-19)22(25)15-29-23(26)18(3)28-14-20-10-7-11-27-20/h4-6,8-9,12,18,20H,7,10-11,13-15H2,1-3H3. The summed E-state index contributed by atoms with van der Waals surface area (Å²) in [6.07, 6.45) is 1.28. The van der Waals surface area contributed by atoms with E-state index in [1.807, 2.05) is 38.1 Å². The number of esters is 1. The molecule has 29 heavy (non-hydrogen) atoms. The van der Waals surface area contributed by atoms with Gasteiger partial charge in [-0.3, -0.25) is 4.79 Å². The van der Waals surface area contributed by atoms with Crippen molar-refractivity contribution in [1.82, 2.24) is 4.57 Å². The SMILES string of the molecule is Cc1cc(C(=O)COC(=O)C(C)OCC2CCCO2)c(C)n1Cc1ccccc1. The van der Waals surface area contributed by atoms with Gasteiger partial charge in [0, 0.05) is 30.1 Å². The number of hydrogen-bond acceptors (Lipinski definition) is 5. The van der Waals surface area contributed by atoms with E-state index >= 15 is 0 Å². The van der Waals surface area contributed by atoms with Crippen LogP contribution in [0.25, 0.3) is 0 Å².